The minimum absolute atomic E-state index is 0.219. The number of hydrogen-bond acceptors (Lipinski definition) is 4. The number of rotatable bonds is 3. The summed E-state index contributed by atoms with van der Waals surface area (Å²) in [5.74, 6) is -1.78. The number of carbonyl (C=O) groups excluding carboxylic acids is 3. The average molecular weight is 290 g/mol. The summed E-state index contributed by atoms with van der Waals surface area (Å²) < 4.78 is 0. The number of hydrogen-bond donors (Lipinski definition) is 3. The van der Waals surface area contributed by atoms with E-state index in [0.29, 0.717) is 13.0 Å². The Morgan fingerprint density at radius 3 is 2.95 bits per heavy atom. The lowest BCUT2D eigenvalue weighted by Crippen LogP contribution is -2.50. The second-order valence-electron chi connectivity index (χ2n) is 4.86. The third-order valence-corrected chi connectivity index (χ3v) is 3.22. The van der Waals surface area contributed by atoms with Gasteiger partial charge in [0.1, 0.15) is 6.04 Å². The van der Waals surface area contributed by atoms with Crippen molar-refractivity contribution in [3.05, 3.63) is 30.1 Å². The fraction of sp³-hybridized carbons (Fsp3) is 0.429. The first-order chi connectivity index (χ1) is 10.2. The maximum atomic E-state index is 11.8. The summed E-state index contributed by atoms with van der Waals surface area (Å²) in [5, 5.41) is 7.67. The van der Waals surface area contributed by atoms with Gasteiger partial charge in [0.25, 0.3) is 0 Å². The zero-order valence-corrected chi connectivity index (χ0v) is 11.6. The number of carbonyl (C=O) groups is 3. The molecule has 112 valence electrons. The quantitative estimate of drug-likeness (QED) is 0.652. The van der Waals surface area contributed by atoms with Crippen LogP contribution in [0.25, 0.3) is 0 Å². The second-order valence-corrected chi connectivity index (χ2v) is 4.86. The van der Waals surface area contributed by atoms with Gasteiger partial charge < -0.3 is 16.0 Å². The summed E-state index contributed by atoms with van der Waals surface area (Å²) in [6.07, 6.45) is 5.50. The summed E-state index contributed by atoms with van der Waals surface area (Å²) in [4.78, 5) is 39.1. The van der Waals surface area contributed by atoms with Crippen LogP contribution in [-0.4, -0.2) is 35.3 Å². The minimum atomic E-state index is -0.791. The third kappa shape index (κ3) is 4.55. The Kier molecular flexibility index (Phi) is 5.25. The Morgan fingerprint density at radius 1 is 1.33 bits per heavy atom. The normalized spacial score (nSPS) is 18.3. The Balaban J connectivity index is 1.82. The second kappa shape index (κ2) is 7.37. The predicted octanol–water partition coefficient (Wildman–Crippen LogP) is -0.517. The molecule has 1 aliphatic heterocycles. The SMILES string of the molecule is O=C(NCc1cccnc1)C(=O)N[C@@H]1CCCCNC1=O. The molecule has 7 heteroatoms. The lowest BCUT2D eigenvalue weighted by molar-refractivity contribution is -0.140. The first kappa shape index (κ1) is 15.0. The maximum Gasteiger partial charge on any atom is 0.309 e. The molecule has 3 amide bonds. The minimum Gasteiger partial charge on any atom is -0.354 e. The van der Waals surface area contributed by atoms with Crippen molar-refractivity contribution in [1.82, 2.24) is 20.9 Å². The van der Waals surface area contributed by atoms with Gasteiger partial charge in [-0.05, 0) is 30.9 Å². The van der Waals surface area contributed by atoms with E-state index in [1.807, 2.05) is 0 Å². The summed E-state index contributed by atoms with van der Waals surface area (Å²) in [5.41, 5.74) is 0.797. The van der Waals surface area contributed by atoms with Crippen LogP contribution in [0.2, 0.25) is 0 Å². The van der Waals surface area contributed by atoms with Crippen LogP contribution in [0, 0.1) is 0 Å². The molecule has 0 radical (unpaired) electrons. The summed E-state index contributed by atoms with van der Waals surface area (Å²) in [6, 6.07) is 2.91. The van der Waals surface area contributed by atoms with Crippen LogP contribution in [0.15, 0.2) is 24.5 Å². The molecule has 1 atom stereocenters. The standard InChI is InChI=1S/C14H18N4O3/c19-12-11(5-1-2-7-16-12)18-14(21)13(20)17-9-10-4-3-6-15-8-10/h3-4,6,8,11H,1-2,5,7,9H2,(H,16,19)(H,17,20)(H,18,21)/t11-/m1/s1. The molecule has 1 aromatic rings. The molecule has 21 heavy (non-hydrogen) atoms. The molecule has 1 aliphatic rings. The maximum absolute atomic E-state index is 11.8. The molecule has 0 aliphatic carbocycles. The number of nitrogens with zero attached hydrogens (tertiary/aromatic N) is 1. The van der Waals surface area contributed by atoms with Crippen LogP contribution >= 0.6 is 0 Å². The summed E-state index contributed by atoms with van der Waals surface area (Å²) in [6.45, 7) is 0.829. The van der Waals surface area contributed by atoms with Crippen molar-refractivity contribution in [2.75, 3.05) is 6.54 Å². The zero-order chi connectivity index (χ0) is 15.1. The van der Waals surface area contributed by atoms with E-state index in [4.69, 9.17) is 0 Å². The molecule has 0 bridgehead atoms. The lowest BCUT2D eigenvalue weighted by Gasteiger charge is -2.14. The highest BCUT2D eigenvalue weighted by Crippen LogP contribution is 2.05. The van der Waals surface area contributed by atoms with Crippen molar-refractivity contribution in [3.63, 3.8) is 0 Å². The molecular formula is C14H18N4O3. The zero-order valence-electron chi connectivity index (χ0n) is 11.6. The summed E-state index contributed by atoms with van der Waals surface area (Å²) >= 11 is 0. The third-order valence-electron chi connectivity index (χ3n) is 3.22. The van der Waals surface area contributed by atoms with Crippen molar-refractivity contribution < 1.29 is 14.4 Å². The topological polar surface area (TPSA) is 100 Å². The Bertz CT molecular complexity index is 518. The van der Waals surface area contributed by atoms with Crippen molar-refractivity contribution in [2.45, 2.75) is 31.8 Å². The number of pyridine rings is 1. The molecule has 1 aromatic heterocycles. The molecule has 0 unspecified atom stereocenters. The smallest absolute Gasteiger partial charge is 0.309 e. The van der Waals surface area contributed by atoms with Crippen molar-refractivity contribution in [1.29, 1.82) is 0 Å². The highest BCUT2D eigenvalue weighted by atomic mass is 16.2. The molecule has 0 spiro atoms. The van der Waals surface area contributed by atoms with E-state index in [2.05, 4.69) is 20.9 Å². The van der Waals surface area contributed by atoms with Gasteiger partial charge in [-0.3, -0.25) is 19.4 Å². The van der Waals surface area contributed by atoms with Gasteiger partial charge in [0, 0.05) is 25.5 Å². The Labute approximate surface area is 122 Å². The number of aromatic nitrogens is 1. The summed E-state index contributed by atoms with van der Waals surface area (Å²) in [7, 11) is 0. The lowest BCUT2D eigenvalue weighted by atomic mass is 10.1. The molecule has 0 saturated carbocycles. The molecule has 7 nitrogen and oxygen atoms in total. The van der Waals surface area contributed by atoms with Crippen LogP contribution in [0.1, 0.15) is 24.8 Å². The van der Waals surface area contributed by atoms with E-state index >= 15 is 0 Å². The first-order valence-electron chi connectivity index (χ1n) is 6.92. The van der Waals surface area contributed by atoms with Crippen LogP contribution in [-0.2, 0) is 20.9 Å². The first-order valence-corrected chi connectivity index (χ1v) is 6.92. The van der Waals surface area contributed by atoms with Gasteiger partial charge in [-0.25, -0.2) is 0 Å². The van der Waals surface area contributed by atoms with E-state index in [1.54, 1.807) is 24.5 Å². The molecular weight excluding hydrogens is 272 g/mol. The Morgan fingerprint density at radius 2 is 2.19 bits per heavy atom. The molecule has 1 fully saturated rings. The van der Waals surface area contributed by atoms with Gasteiger partial charge in [0.2, 0.25) is 5.91 Å². The fourth-order valence-corrected chi connectivity index (χ4v) is 2.07. The number of amides is 3. The molecule has 2 rings (SSSR count). The average Bonchev–Trinajstić information content (AvgIpc) is 2.71. The van der Waals surface area contributed by atoms with E-state index in [0.717, 1.165) is 18.4 Å². The monoisotopic (exact) mass is 290 g/mol. The van der Waals surface area contributed by atoms with Crippen LogP contribution < -0.4 is 16.0 Å². The van der Waals surface area contributed by atoms with Crippen molar-refractivity contribution in [2.24, 2.45) is 0 Å². The predicted molar refractivity (Wildman–Crippen MR) is 74.9 cm³/mol. The van der Waals surface area contributed by atoms with Gasteiger partial charge in [0.05, 0.1) is 0 Å². The van der Waals surface area contributed by atoms with E-state index in [1.165, 1.54) is 0 Å². The van der Waals surface area contributed by atoms with Crippen LogP contribution in [0.3, 0.4) is 0 Å². The van der Waals surface area contributed by atoms with Gasteiger partial charge >= 0.3 is 11.8 Å². The van der Waals surface area contributed by atoms with Gasteiger partial charge in [0.15, 0.2) is 0 Å². The van der Waals surface area contributed by atoms with Crippen LogP contribution in [0.4, 0.5) is 0 Å². The largest absolute Gasteiger partial charge is 0.354 e. The molecule has 0 aromatic carbocycles. The van der Waals surface area contributed by atoms with E-state index in [9.17, 15) is 14.4 Å². The van der Waals surface area contributed by atoms with E-state index in [-0.39, 0.29) is 12.5 Å². The van der Waals surface area contributed by atoms with Gasteiger partial charge in [-0.1, -0.05) is 6.07 Å². The molecule has 1 saturated heterocycles. The van der Waals surface area contributed by atoms with Crippen LogP contribution in [0.5, 0.6) is 0 Å². The Hall–Kier alpha value is -2.44. The van der Waals surface area contributed by atoms with E-state index < -0.39 is 17.9 Å². The van der Waals surface area contributed by atoms with Crippen molar-refractivity contribution in [3.8, 4) is 0 Å². The molecule has 3 N–H and O–H groups in total. The van der Waals surface area contributed by atoms with Crippen molar-refractivity contribution >= 4 is 17.7 Å². The van der Waals surface area contributed by atoms with Gasteiger partial charge in [-0.2, -0.15) is 0 Å². The fourth-order valence-electron chi connectivity index (χ4n) is 2.07. The highest BCUT2D eigenvalue weighted by Gasteiger charge is 2.25. The van der Waals surface area contributed by atoms with Gasteiger partial charge in [-0.15, -0.1) is 0 Å². The number of nitrogens with one attached hydrogen (secondary N) is 3. The molecule has 2 heterocycles. The highest BCUT2D eigenvalue weighted by molar-refractivity contribution is 6.35.